The van der Waals surface area contributed by atoms with Gasteiger partial charge in [-0.2, -0.15) is 4.99 Å². The number of guanidine groups is 1. The van der Waals surface area contributed by atoms with Crippen molar-refractivity contribution in [3.63, 3.8) is 0 Å². The Kier molecular flexibility index (Phi) is 4.80. The van der Waals surface area contributed by atoms with Crippen molar-refractivity contribution in [3.05, 3.63) is 42.9 Å². The highest BCUT2D eigenvalue weighted by atomic mass is 35.5. The van der Waals surface area contributed by atoms with Crippen LogP contribution < -0.4 is 5.73 Å². The number of nitrogens with zero attached hydrogens (tertiary/aromatic N) is 4. The molecule has 0 aromatic carbocycles. The van der Waals surface area contributed by atoms with Gasteiger partial charge in [-0.05, 0) is 18.2 Å². The van der Waals surface area contributed by atoms with Crippen molar-refractivity contribution in [1.29, 1.82) is 0 Å². The molecule has 0 saturated carbocycles. The molecule has 0 unspecified atom stereocenters. The van der Waals surface area contributed by atoms with E-state index in [-0.39, 0.29) is 18.4 Å². The fourth-order valence-corrected chi connectivity index (χ4v) is 1.33. The Labute approximate surface area is 109 Å². The van der Waals surface area contributed by atoms with Gasteiger partial charge in [-0.1, -0.05) is 0 Å². The average Bonchev–Trinajstić information content (AvgIpc) is 2.83. The first-order valence-electron chi connectivity index (χ1n) is 4.81. The van der Waals surface area contributed by atoms with E-state index in [1.54, 1.807) is 12.3 Å². The predicted octanol–water partition coefficient (Wildman–Crippen LogP) is 1.58. The van der Waals surface area contributed by atoms with Gasteiger partial charge in [-0.15, -0.1) is 17.4 Å². The molecule has 0 aliphatic rings. The number of hydrogen-bond donors (Lipinski definition) is 1. The van der Waals surface area contributed by atoms with E-state index in [1.807, 2.05) is 35.2 Å². The van der Waals surface area contributed by atoms with Crippen LogP contribution in [0.4, 0.5) is 5.82 Å². The van der Waals surface area contributed by atoms with E-state index in [0.29, 0.717) is 5.82 Å². The number of aliphatic imine (C=N–C) groups is 2. The van der Waals surface area contributed by atoms with E-state index >= 15 is 0 Å². The number of hydrogen-bond acceptors (Lipinski definition) is 3. The Morgan fingerprint density at radius 2 is 2.11 bits per heavy atom. The summed E-state index contributed by atoms with van der Waals surface area (Å²) < 4.78 is 1.90. The van der Waals surface area contributed by atoms with Gasteiger partial charge in [0.1, 0.15) is 0 Å². The van der Waals surface area contributed by atoms with Crippen molar-refractivity contribution in [3.8, 4) is 5.69 Å². The highest BCUT2D eigenvalue weighted by Crippen LogP contribution is 2.14. The van der Waals surface area contributed by atoms with Gasteiger partial charge in [0.05, 0.1) is 5.69 Å². The van der Waals surface area contributed by atoms with Crippen LogP contribution in [-0.2, 0) is 4.79 Å². The third-order valence-corrected chi connectivity index (χ3v) is 2.02. The molecule has 92 valence electrons. The zero-order chi connectivity index (χ0) is 12.1. The van der Waals surface area contributed by atoms with Crippen LogP contribution in [0.5, 0.6) is 0 Å². The predicted molar refractivity (Wildman–Crippen MR) is 70.2 cm³/mol. The molecule has 2 N–H and O–H groups in total. The lowest BCUT2D eigenvalue weighted by molar-refractivity contribution is 0.565. The van der Waals surface area contributed by atoms with Gasteiger partial charge in [-0.3, -0.25) is 0 Å². The Morgan fingerprint density at radius 1 is 1.39 bits per heavy atom. The second kappa shape index (κ2) is 6.34. The fraction of sp³-hybridized carbons (Fsp3) is 0. The third-order valence-electron chi connectivity index (χ3n) is 2.02. The molecule has 2 rings (SSSR count). The summed E-state index contributed by atoms with van der Waals surface area (Å²) >= 11 is 0. The average molecular weight is 264 g/mol. The molecule has 18 heavy (non-hydrogen) atoms. The lowest BCUT2D eigenvalue weighted by atomic mass is 10.4. The van der Waals surface area contributed by atoms with Crippen LogP contribution in [0.2, 0.25) is 0 Å². The van der Waals surface area contributed by atoms with Gasteiger partial charge >= 0.3 is 0 Å². The number of nitrogens with two attached hydrogens (primary N) is 1. The quantitative estimate of drug-likeness (QED) is 0.507. The summed E-state index contributed by atoms with van der Waals surface area (Å²) in [5, 5.41) is 0. The van der Waals surface area contributed by atoms with Gasteiger partial charge in [0.15, 0.2) is 5.82 Å². The number of isocyanates is 1. The van der Waals surface area contributed by atoms with E-state index < -0.39 is 0 Å². The highest BCUT2D eigenvalue weighted by molar-refractivity contribution is 5.85. The van der Waals surface area contributed by atoms with Crippen molar-refractivity contribution in [2.24, 2.45) is 15.7 Å². The van der Waals surface area contributed by atoms with Gasteiger partial charge in [0, 0.05) is 24.7 Å². The molecule has 0 radical (unpaired) electrons. The standard InChI is InChI=1S/C11H9N5O.ClH/c12-11(14-8-17)15-10-7-9(3-4-13-10)16-5-1-2-6-16;/h1-7H,(H2,12,13,15);1H. The van der Waals surface area contributed by atoms with E-state index in [4.69, 9.17) is 5.73 Å². The number of aromatic nitrogens is 2. The smallest absolute Gasteiger partial charge is 0.243 e. The zero-order valence-electron chi connectivity index (χ0n) is 9.22. The Balaban J connectivity index is 0.00000162. The molecule has 0 saturated heterocycles. The molecule has 2 heterocycles. The zero-order valence-corrected chi connectivity index (χ0v) is 10.0. The largest absolute Gasteiger partial charge is 0.367 e. The van der Waals surface area contributed by atoms with Crippen LogP contribution in [0.15, 0.2) is 52.8 Å². The molecule has 0 aliphatic carbocycles. The molecule has 7 heteroatoms. The van der Waals surface area contributed by atoms with Crippen molar-refractivity contribution < 1.29 is 4.79 Å². The molecular weight excluding hydrogens is 254 g/mol. The molecule has 0 spiro atoms. The minimum Gasteiger partial charge on any atom is -0.367 e. The maximum Gasteiger partial charge on any atom is 0.243 e. The molecule has 0 fully saturated rings. The third kappa shape index (κ3) is 3.28. The van der Waals surface area contributed by atoms with Crippen molar-refractivity contribution >= 4 is 30.3 Å². The first-order chi connectivity index (χ1) is 8.29. The Bertz CT molecular complexity index is 587. The monoisotopic (exact) mass is 263 g/mol. The highest BCUT2D eigenvalue weighted by Gasteiger charge is 1.98. The summed E-state index contributed by atoms with van der Waals surface area (Å²) in [5.74, 6) is 0.213. The molecule has 0 aliphatic heterocycles. The van der Waals surface area contributed by atoms with Crippen LogP contribution in [-0.4, -0.2) is 21.6 Å². The normalized spacial score (nSPS) is 10.3. The summed E-state index contributed by atoms with van der Waals surface area (Å²) in [7, 11) is 0. The molecule has 0 bridgehead atoms. The minimum absolute atomic E-state index is 0. The second-order valence-electron chi connectivity index (χ2n) is 3.14. The molecular formula is C11H10ClN5O. The molecule has 0 atom stereocenters. The summed E-state index contributed by atoms with van der Waals surface area (Å²) in [4.78, 5) is 21.0. The molecule has 0 amide bonds. The van der Waals surface area contributed by atoms with Crippen LogP contribution in [0.1, 0.15) is 0 Å². The summed E-state index contributed by atoms with van der Waals surface area (Å²) in [6.45, 7) is 0. The van der Waals surface area contributed by atoms with Crippen LogP contribution in [0, 0.1) is 0 Å². The maximum absolute atomic E-state index is 9.98. The van der Waals surface area contributed by atoms with Crippen LogP contribution >= 0.6 is 12.4 Å². The van der Waals surface area contributed by atoms with E-state index in [1.165, 1.54) is 6.08 Å². The van der Waals surface area contributed by atoms with Crippen molar-refractivity contribution in [2.45, 2.75) is 0 Å². The second-order valence-corrected chi connectivity index (χ2v) is 3.14. The number of halogens is 1. The number of carbonyl (C=O) groups excluding carboxylic acids is 1. The van der Waals surface area contributed by atoms with E-state index in [0.717, 1.165) is 5.69 Å². The van der Waals surface area contributed by atoms with Gasteiger partial charge in [0.25, 0.3) is 0 Å². The lowest BCUT2D eigenvalue weighted by Crippen LogP contribution is -2.06. The minimum atomic E-state index is -0.169. The first kappa shape index (κ1) is 13.6. The van der Waals surface area contributed by atoms with E-state index in [9.17, 15) is 4.79 Å². The lowest BCUT2D eigenvalue weighted by Gasteiger charge is -2.02. The van der Waals surface area contributed by atoms with Gasteiger partial charge in [-0.25, -0.2) is 9.78 Å². The van der Waals surface area contributed by atoms with E-state index in [2.05, 4.69) is 15.0 Å². The van der Waals surface area contributed by atoms with Gasteiger partial charge < -0.3 is 10.3 Å². The Hall–Kier alpha value is -2.43. The summed E-state index contributed by atoms with van der Waals surface area (Å²) in [6, 6.07) is 7.38. The van der Waals surface area contributed by atoms with Crippen molar-refractivity contribution in [2.75, 3.05) is 0 Å². The fourth-order valence-electron chi connectivity index (χ4n) is 1.33. The number of pyridine rings is 1. The summed E-state index contributed by atoms with van der Waals surface area (Å²) in [6.07, 6.45) is 6.72. The van der Waals surface area contributed by atoms with Crippen LogP contribution in [0.25, 0.3) is 5.69 Å². The molecule has 2 aromatic rings. The van der Waals surface area contributed by atoms with Crippen LogP contribution in [0.3, 0.4) is 0 Å². The van der Waals surface area contributed by atoms with Gasteiger partial charge in [0.2, 0.25) is 12.0 Å². The topological polar surface area (TPSA) is 85.6 Å². The Morgan fingerprint density at radius 3 is 2.78 bits per heavy atom. The molecule has 2 aromatic heterocycles. The van der Waals surface area contributed by atoms with Crippen molar-refractivity contribution in [1.82, 2.24) is 9.55 Å². The number of rotatable bonds is 2. The summed E-state index contributed by atoms with van der Waals surface area (Å²) in [5.41, 5.74) is 6.25. The molecule has 6 nitrogen and oxygen atoms in total. The first-order valence-corrected chi connectivity index (χ1v) is 4.81. The SMILES string of the molecule is Cl.NC(N=C=O)=Nc1cc(-n2cccc2)ccn1. The maximum atomic E-state index is 9.98.